The van der Waals surface area contributed by atoms with Crippen LogP contribution in [0, 0.1) is 6.92 Å². The van der Waals surface area contributed by atoms with Gasteiger partial charge in [-0.05, 0) is 24.6 Å². The van der Waals surface area contributed by atoms with Crippen LogP contribution in [0.1, 0.15) is 32.0 Å². The molecule has 0 radical (unpaired) electrons. The Labute approximate surface area is 127 Å². The Balaban J connectivity index is 2.27. The summed E-state index contributed by atoms with van der Waals surface area (Å²) >= 11 is 0. The number of rotatable bonds is 4. The number of aldehydes is 1. The van der Waals surface area contributed by atoms with Gasteiger partial charge in [-0.1, -0.05) is 36.4 Å². The summed E-state index contributed by atoms with van der Waals surface area (Å²) in [5, 5.41) is 9.88. The van der Waals surface area contributed by atoms with Crippen LogP contribution < -0.4 is 0 Å². The van der Waals surface area contributed by atoms with Crippen molar-refractivity contribution in [2.75, 3.05) is 0 Å². The molecule has 0 amide bonds. The molecule has 0 aliphatic heterocycles. The summed E-state index contributed by atoms with van der Waals surface area (Å²) in [6.07, 6.45) is 0.742. The number of carboxylic acid groups (broad SMARTS) is 1. The van der Waals surface area contributed by atoms with Crippen LogP contribution in [-0.4, -0.2) is 21.9 Å². The van der Waals surface area contributed by atoms with Crippen molar-refractivity contribution in [3.8, 4) is 0 Å². The van der Waals surface area contributed by atoms with Gasteiger partial charge < -0.3 is 9.67 Å². The molecule has 110 valence electrons. The second-order valence-corrected chi connectivity index (χ2v) is 5.19. The standard InChI is InChI=1S/C18H15NO3/c1-12-15(11-20)17-14(18(21)22)8-5-9-16(17)19(12)10-13-6-3-2-4-7-13/h2-9,11H,10H2,1H3,(H,21,22). The van der Waals surface area contributed by atoms with Crippen molar-refractivity contribution >= 4 is 23.2 Å². The van der Waals surface area contributed by atoms with Crippen LogP contribution in [0.5, 0.6) is 0 Å². The predicted octanol–water partition coefficient (Wildman–Crippen LogP) is 3.51. The molecule has 3 aromatic rings. The quantitative estimate of drug-likeness (QED) is 0.749. The van der Waals surface area contributed by atoms with Gasteiger partial charge in [-0.25, -0.2) is 4.79 Å². The first-order valence-electron chi connectivity index (χ1n) is 6.97. The Morgan fingerprint density at radius 1 is 1.14 bits per heavy atom. The van der Waals surface area contributed by atoms with E-state index in [0.717, 1.165) is 23.1 Å². The minimum absolute atomic E-state index is 0.162. The third kappa shape index (κ3) is 2.19. The van der Waals surface area contributed by atoms with Crippen LogP contribution in [0.3, 0.4) is 0 Å². The number of aromatic nitrogens is 1. The molecule has 0 aliphatic rings. The third-order valence-electron chi connectivity index (χ3n) is 3.93. The monoisotopic (exact) mass is 293 g/mol. The van der Waals surface area contributed by atoms with Crippen molar-refractivity contribution in [1.29, 1.82) is 0 Å². The lowest BCUT2D eigenvalue weighted by molar-refractivity contribution is 0.0699. The number of hydrogen-bond acceptors (Lipinski definition) is 2. The van der Waals surface area contributed by atoms with Crippen LogP contribution in [0.25, 0.3) is 10.9 Å². The predicted molar refractivity (Wildman–Crippen MR) is 84.6 cm³/mol. The Morgan fingerprint density at radius 3 is 2.50 bits per heavy atom. The largest absolute Gasteiger partial charge is 0.478 e. The molecule has 0 saturated carbocycles. The number of fused-ring (bicyclic) bond motifs is 1. The van der Waals surface area contributed by atoms with E-state index in [1.807, 2.05) is 47.9 Å². The molecule has 4 nitrogen and oxygen atoms in total. The highest BCUT2D eigenvalue weighted by atomic mass is 16.4. The second kappa shape index (κ2) is 5.48. The van der Waals surface area contributed by atoms with Crippen LogP contribution >= 0.6 is 0 Å². The lowest BCUT2D eigenvalue weighted by Gasteiger charge is -2.08. The van der Waals surface area contributed by atoms with Crippen molar-refractivity contribution in [1.82, 2.24) is 4.57 Å². The molecule has 0 spiro atoms. The fourth-order valence-electron chi connectivity index (χ4n) is 2.85. The molecule has 0 fully saturated rings. The first-order chi connectivity index (χ1) is 10.6. The molecule has 1 N–H and O–H groups in total. The average molecular weight is 293 g/mol. The van der Waals surface area contributed by atoms with Crippen LogP contribution in [0.4, 0.5) is 0 Å². The van der Waals surface area contributed by atoms with Gasteiger partial charge >= 0.3 is 5.97 Å². The van der Waals surface area contributed by atoms with Gasteiger partial charge in [0.05, 0.1) is 11.1 Å². The highest BCUT2D eigenvalue weighted by Gasteiger charge is 2.19. The first kappa shape index (κ1) is 14.1. The SMILES string of the molecule is Cc1c(C=O)c2c(C(=O)O)cccc2n1Cc1ccccc1. The molecular weight excluding hydrogens is 278 g/mol. The number of carbonyl (C=O) groups excluding carboxylic acids is 1. The zero-order chi connectivity index (χ0) is 15.7. The first-order valence-corrected chi connectivity index (χ1v) is 6.97. The zero-order valence-electron chi connectivity index (χ0n) is 12.1. The average Bonchev–Trinajstić information content (AvgIpc) is 2.80. The summed E-state index contributed by atoms with van der Waals surface area (Å²) in [5.74, 6) is -1.02. The summed E-state index contributed by atoms with van der Waals surface area (Å²) in [4.78, 5) is 22.9. The second-order valence-electron chi connectivity index (χ2n) is 5.19. The molecule has 1 aromatic heterocycles. The van der Waals surface area contributed by atoms with Gasteiger partial charge in [0.25, 0.3) is 0 Å². The van der Waals surface area contributed by atoms with E-state index in [1.54, 1.807) is 6.07 Å². The van der Waals surface area contributed by atoms with Crippen molar-refractivity contribution < 1.29 is 14.7 Å². The molecule has 2 aromatic carbocycles. The smallest absolute Gasteiger partial charge is 0.336 e. The molecule has 1 heterocycles. The van der Waals surface area contributed by atoms with Crippen molar-refractivity contribution in [3.05, 3.63) is 70.9 Å². The molecule has 0 aliphatic carbocycles. The van der Waals surface area contributed by atoms with Crippen molar-refractivity contribution in [2.45, 2.75) is 13.5 Å². The van der Waals surface area contributed by atoms with Crippen LogP contribution in [0.2, 0.25) is 0 Å². The van der Waals surface area contributed by atoms with E-state index in [0.29, 0.717) is 17.5 Å². The zero-order valence-corrected chi connectivity index (χ0v) is 12.1. The van der Waals surface area contributed by atoms with E-state index in [2.05, 4.69) is 0 Å². The van der Waals surface area contributed by atoms with Gasteiger partial charge in [-0.15, -0.1) is 0 Å². The molecule has 0 atom stereocenters. The van der Waals surface area contributed by atoms with E-state index < -0.39 is 5.97 Å². The van der Waals surface area contributed by atoms with E-state index in [1.165, 1.54) is 6.07 Å². The lowest BCUT2D eigenvalue weighted by atomic mass is 10.1. The third-order valence-corrected chi connectivity index (χ3v) is 3.93. The van der Waals surface area contributed by atoms with Gasteiger partial charge in [0, 0.05) is 23.2 Å². The highest BCUT2D eigenvalue weighted by molar-refractivity contribution is 6.10. The van der Waals surface area contributed by atoms with Gasteiger partial charge in [0.2, 0.25) is 0 Å². The maximum Gasteiger partial charge on any atom is 0.336 e. The lowest BCUT2D eigenvalue weighted by Crippen LogP contribution is -2.02. The molecule has 0 bridgehead atoms. The maximum absolute atomic E-state index is 11.5. The summed E-state index contributed by atoms with van der Waals surface area (Å²) in [6, 6.07) is 15.0. The Morgan fingerprint density at radius 2 is 1.86 bits per heavy atom. The topological polar surface area (TPSA) is 59.3 Å². The van der Waals surface area contributed by atoms with Gasteiger partial charge in [0.1, 0.15) is 0 Å². The Bertz CT molecular complexity index is 863. The van der Waals surface area contributed by atoms with Crippen molar-refractivity contribution in [2.24, 2.45) is 0 Å². The fraction of sp³-hybridized carbons (Fsp3) is 0.111. The molecule has 3 rings (SSSR count). The summed E-state index contributed by atoms with van der Waals surface area (Å²) < 4.78 is 1.99. The van der Waals surface area contributed by atoms with Crippen LogP contribution in [0.15, 0.2) is 48.5 Å². The summed E-state index contributed by atoms with van der Waals surface area (Å²) in [6.45, 7) is 2.44. The number of carboxylic acids is 1. The number of hydrogen-bond donors (Lipinski definition) is 1. The number of aromatic carboxylic acids is 1. The van der Waals surface area contributed by atoms with E-state index in [4.69, 9.17) is 0 Å². The molecule has 0 saturated heterocycles. The Hall–Kier alpha value is -2.88. The molecule has 0 unspecified atom stereocenters. The van der Waals surface area contributed by atoms with Gasteiger partial charge in [-0.2, -0.15) is 0 Å². The summed E-state index contributed by atoms with van der Waals surface area (Å²) in [5.41, 5.74) is 3.25. The normalized spacial score (nSPS) is 10.8. The highest BCUT2D eigenvalue weighted by Crippen LogP contribution is 2.28. The van der Waals surface area contributed by atoms with E-state index >= 15 is 0 Å². The van der Waals surface area contributed by atoms with E-state index in [9.17, 15) is 14.7 Å². The molecule has 4 heteroatoms. The Kier molecular flexibility index (Phi) is 3.51. The number of nitrogens with zero attached hydrogens (tertiary/aromatic N) is 1. The van der Waals surface area contributed by atoms with Gasteiger partial charge in [-0.3, -0.25) is 4.79 Å². The number of carbonyl (C=O) groups is 2. The van der Waals surface area contributed by atoms with Crippen LogP contribution in [-0.2, 0) is 6.54 Å². The minimum atomic E-state index is -1.02. The number of benzene rings is 2. The molecular formula is C18H15NO3. The van der Waals surface area contributed by atoms with Crippen molar-refractivity contribution in [3.63, 3.8) is 0 Å². The summed E-state index contributed by atoms with van der Waals surface area (Å²) in [7, 11) is 0. The molecule has 22 heavy (non-hydrogen) atoms. The minimum Gasteiger partial charge on any atom is -0.478 e. The maximum atomic E-state index is 11.5. The van der Waals surface area contributed by atoms with Gasteiger partial charge in [0.15, 0.2) is 6.29 Å². The van der Waals surface area contributed by atoms with E-state index in [-0.39, 0.29) is 5.56 Å². The fourth-order valence-corrected chi connectivity index (χ4v) is 2.85.